The molecule has 2 aromatic carbocycles. The van der Waals surface area contributed by atoms with Crippen LogP contribution in [0.1, 0.15) is 18.5 Å². The lowest BCUT2D eigenvalue weighted by molar-refractivity contribution is -0.384. The first-order valence-electron chi connectivity index (χ1n) is 9.66. The number of thiazole rings is 1. The molecule has 0 radical (unpaired) electrons. The molecular weight excluding hydrogens is 452 g/mol. The molecular formula is C21H18N4O5S2. The molecule has 9 nitrogen and oxygen atoms in total. The van der Waals surface area contributed by atoms with Crippen molar-refractivity contribution in [2.75, 3.05) is 12.4 Å². The van der Waals surface area contributed by atoms with Crippen LogP contribution in [0.3, 0.4) is 0 Å². The van der Waals surface area contributed by atoms with Crippen LogP contribution in [0.4, 0.5) is 10.5 Å². The van der Waals surface area contributed by atoms with E-state index in [1.165, 1.54) is 41.3 Å². The van der Waals surface area contributed by atoms with E-state index in [4.69, 9.17) is 4.74 Å². The van der Waals surface area contributed by atoms with Crippen molar-refractivity contribution in [2.24, 2.45) is 0 Å². The molecule has 32 heavy (non-hydrogen) atoms. The largest absolute Gasteiger partial charge is 0.463 e. The number of carbonyl (C=O) groups is 2. The van der Waals surface area contributed by atoms with Gasteiger partial charge in [0.05, 0.1) is 33.4 Å². The van der Waals surface area contributed by atoms with Gasteiger partial charge >= 0.3 is 12.0 Å². The van der Waals surface area contributed by atoms with E-state index in [-0.39, 0.29) is 23.6 Å². The molecule has 1 aliphatic rings. The van der Waals surface area contributed by atoms with Crippen LogP contribution in [0.5, 0.6) is 0 Å². The Morgan fingerprint density at radius 1 is 1.28 bits per heavy atom. The van der Waals surface area contributed by atoms with Gasteiger partial charge in [-0.25, -0.2) is 14.6 Å². The third-order valence-corrected chi connectivity index (χ3v) is 6.88. The highest BCUT2D eigenvalue weighted by Crippen LogP contribution is 2.34. The molecule has 0 bridgehead atoms. The van der Waals surface area contributed by atoms with Crippen LogP contribution in [0, 0.1) is 10.1 Å². The van der Waals surface area contributed by atoms with E-state index in [1.54, 1.807) is 13.0 Å². The Kier molecular flexibility index (Phi) is 6.37. The lowest BCUT2D eigenvalue weighted by Crippen LogP contribution is -2.46. The zero-order valence-corrected chi connectivity index (χ0v) is 18.5. The molecule has 0 aliphatic carbocycles. The van der Waals surface area contributed by atoms with E-state index < -0.39 is 23.0 Å². The molecule has 2 N–H and O–H groups in total. The fourth-order valence-corrected chi connectivity index (χ4v) is 5.33. The SMILES string of the molecule is CCOC(=O)C1=C(CSc2nc3ccccc3s2)NC(=O)NC1c1cccc([N+](=O)[O-])c1. The predicted octanol–water partition coefficient (Wildman–Crippen LogP) is 4.17. The van der Waals surface area contributed by atoms with Gasteiger partial charge in [-0.1, -0.05) is 36.0 Å². The van der Waals surface area contributed by atoms with Crippen LogP contribution in [0.2, 0.25) is 0 Å². The predicted molar refractivity (Wildman–Crippen MR) is 122 cm³/mol. The average molecular weight is 471 g/mol. The summed E-state index contributed by atoms with van der Waals surface area (Å²) in [4.78, 5) is 40.5. The number of rotatable bonds is 7. The second-order valence-corrected chi connectivity index (χ2v) is 8.99. The summed E-state index contributed by atoms with van der Waals surface area (Å²) in [5.74, 6) is -0.330. The van der Waals surface area contributed by atoms with E-state index in [0.29, 0.717) is 11.3 Å². The first-order valence-corrected chi connectivity index (χ1v) is 11.5. The molecule has 3 aromatic rings. The van der Waals surface area contributed by atoms with E-state index in [9.17, 15) is 19.7 Å². The van der Waals surface area contributed by atoms with Crippen LogP contribution in [-0.2, 0) is 9.53 Å². The zero-order valence-electron chi connectivity index (χ0n) is 16.9. The number of thioether (sulfide) groups is 1. The van der Waals surface area contributed by atoms with Gasteiger partial charge in [-0.3, -0.25) is 10.1 Å². The first-order chi connectivity index (χ1) is 15.5. The van der Waals surface area contributed by atoms with Gasteiger partial charge in [-0.15, -0.1) is 11.3 Å². The number of nitro groups is 1. The van der Waals surface area contributed by atoms with Crippen molar-refractivity contribution in [3.8, 4) is 0 Å². The van der Waals surface area contributed by atoms with Gasteiger partial charge < -0.3 is 15.4 Å². The molecule has 0 saturated carbocycles. The van der Waals surface area contributed by atoms with Gasteiger partial charge in [0.25, 0.3) is 5.69 Å². The van der Waals surface area contributed by atoms with Gasteiger partial charge in [0.15, 0.2) is 4.34 Å². The fourth-order valence-electron chi connectivity index (χ4n) is 3.30. The number of non-ortho nitro benzene ring substituents is 1. The molecule has 0 fully saturated rings. The Hall–Kier alpha value is -3.44. The lowest BCUT2D eigenvalue weighted by atomic mass is 9.95. The third kappa shape index (κ3) is 4.58. The Morgan fingerprint density at radius 2 is 2.09 bits per heavy atom. The third-order valence-electron chi connectivity index (χ3n) is 4.68. The van der Waals surface area contributed by atoms with E-state index in [2.05, 4.69) is 15.6 Å². The zero-order chi connectivity index (χ0) is 22.7. The maximum absolute atomic E-state index is 12.8. The van der Waals surface area contributed by atoms with Crippen LogP contribution in [-0.4, -0.2) is 34.3 Å². The molecule has 1 aromatic heterocycles. The number of hydrogen-bond donors (Lipinski definition) is 2. The summed E-state index contributed by atoms with van der Waals surface area (Å²) in [5, 5.41) is 16.6. The van der Waals surface area contributed by atoms with Crippen molar-refractivity contribution in [1.29, 1.82) is 0 Å². The summed E-state index contributed by atoms with van der Waals surface area (Å²) < 4.78 is 7.07. The van der Waals surface area contributed by atoms with Crippen LogP contribution in [0.25, 0.3) is 10.2 Å². The number of nitrogens with zero attached hydrogens (tertiary/aromatic N) is 2. The summed E-state index contributed by atoms with van der Waals surface area (Å²) >= 11 is 2.91. The van der Waals surface area contributed by atoms with E-state index in [0.717, 1.165) is 14.6 Å². The van der Waals surface area contributed by atoms with E-state index in [1.807, 2.05) is 24.3 Å². The molecule has 2 amide bonds. The maximum atomic E-state index is 12.8. The lowest BCUT2D eigenvalue weighted by Gasteiger charge is -2.29. The van der Waals surface area contributed by atoms with E-state index >= 15 is 0 Å². The Labute approximate surface area is 191 Å². The monoisotopic (exact) mass is 470 g/mol. The molecule has 0 spiro atoms. The number of ether oxygens (including phenoxy) is 1. The number of nitrogens with one attached hydrogen (secondary N) is 2. The highest BCUT2D eigenvalue weighted by molar-refractivity contribution is 8.01. The first kappa shape index (κ1) is 21.8. The molecule has 2 heterocycles. The Morgan fingerprint density at radius 3 is 2.84 bits per heavy atom. The molecule has 4 rings (SSSR count). The summed E-state index contributed by atoms with van der Waals surface area (Å²) in [6.07, 6.45) is 0. The number of amides is 2. The number of urea groups is 1. The van der Waals surface area contributed by atoms with Crippen molar-refractivity contribution in [1.82, 2.24) is 15.6 Å². The topological polar surface area (TPSA) is 123 Å². The number of nitro benzene ring substituents is 1. The molecule has 1 atom stereocenters. The second kappa shape index (κ2) is 9.37. The molecule has 164 valence electrons. The highest BCUT2D eigenvalue weighted by Gasteiger charge is 2.34. The standard InChI is InChI=1S/C21H18N4O5S2/c1-2-30-19(26)17-15(11-31-21-23-14-8-3-4-9-16(14)32-21)22-20(27)24-18(17)12-6-5-7-13(10-12)25(28)29/h3-10,18H,2,11H2,1H3,(H2,22,24,27). The molecule has 1 unspecified atom stereocenters. The number of fused-ring (bicyclic) bond motifs is 1. The fraction of sp³-hybridized carbons (Fsp3) is 0.190. The second-order valence-electron chi connectivity index (χ2n) is 6.73. The smallest absolute Gasteiger partial charge is 0.338 e. The normalized spacial score (nSPS) is 15.9. The summed E-state index contributed by atoms with van der Waals surface area (Å²) in [6, 6.07) is 12.2. The summed E-state index contributed by atoms with van der Waals surface area (Å²) in [7, 11) is 0. The number of esters is 1. The summed E-state index contributed by atoms with van der Waals surface area (Å²) in [5.41, 5.74) is 1.75. The van der Waals surface area contributed by atoms with Crippen molar-refractivity contribution < 1.29 is 19.2 Å². The van der Waals surface area contributed by atoms with Crippen LogP contribution < -0.4 is 10.6 Å². The van der Waals surface area contributed by atoms with Gasteiger partial charge in [0.1, 0.15) is 0 Å². The van der Waals surface area contributed by atoms with Crippen molar-refractivity contribution in [3.63, 3.8) is 0 Å². The number of aromatic nitrogens is 1. The Balaban J connectivity index is 1.70. The quantitative estimate of drug-likeness (QED) is 0.230. The van der Waals surface area contributed by atoms with Crippen molar-refractivity contribution in [2.45, 2.75) is 17.3 Å². The minimum atomic E-state index is -0.881. The summed E-state index contributed by atoms with van der Waals surface area (Å²) in [6.45, 7) is 1.83. The number of carbonyl (C=O) groups excluding carboxylic acids is 2. The van der Waals surface area contributed by atoms with Gasteiger partial charge in [-0.2, -0.15) is 0 Å². The van der Waals surface area contributed by atoms with Crippen molar-refractivity contribution in [3.05, 3.63) is 75.5 Å². The Bertz CT molecular complexity index is 1210. The minimum Gasteiger partial charge on any atom is -0.463 e. The number of hydrogen-bond acceptors (Lipinski definition) is 8. The molecule has 11 heteroatoms. The van der Waals surface area contributed by atoms with Gasteiger partial charge in [0, 0.05) is 23.6 Å². The van der Waals surface area contributed by atoms with Crippen molar-refractivity contribution >= 4 is 51.0 Å². The van der Waals surface area contributed by atoms with Gasteiger partial charge in [-0.05, 0) is 24.6 Å². The number of para-hydroxylation sites is 1. The molecule has 0 saturated heterocycles. The minimum absolute atomic E-state index is 0.135. The van der Waals surface area contributed by atoms with Crippen LogP contribution in [0.15, 0.2) is 64.1 Å². The number of benzene rings is 2. The van der Waals surface area contributed by atoms with Crippen LogP contribution >= 0.6 is 23.1 Å². The maximum Gasteiger partial charge on any atom is 0.338 e. The highest BCUT2D eigenvalue weighted by atomic mass is 32.2. The molecule has 1 aliphatic heterocycles. The average Bonchev–Trinajstić information content (AvgIpc) is 3.20. The van der Waals surface area contributed by atoms with Gasteiger partial charge in [0.2, 0.25) is 0 Å².